The van der Waals surface area contributed by atoms with Crippen molar-refractivity contribution in [2.75, 3.05) is 20.6 Å². The number of aliphatic carboxylic acids is 2. The van der Waals surface area contributed by atoms with E-state index >= 15 is 0 Å². The number of carbonyl (C=O) groups excluding carboxylic acids is 1. The van der Waals surface area contributed by atoms with Crippen molar-refractivity contribution in [1.29, 1.82) is 0 Å². The molecule has 0 fully saturated rings. The summed E-state index contributed by atoms with van der Waals surface area (Å²) in [5.74, 6) is -3.77. The van der Waals surface area contributed by atoms with Gasteiger partial charge < -0.3 is 20.4 Å². The molecule has 0 saturated heterocycles. The summed E-state index contributed by atoms with van der Waals surface area (Å²) in [5.41, 5.74) is 2.43. The Bertz CT molecular complexity index is 873. The average molecular weight is 455 g/mol. The van der Waals surface area contributed by atoms with Crippen molar-refractivity contribution in [2.45, 2.75) is 19.4 Å². The highest BCUT2D eigenvalue weighted by Gasteiger charge is 2.18. The molecule has 2 aromatic carbocycles. The highest BCUT2D eigenvalue weighted by atomic mass is 35.5. The van der Waals surface area contributed by atoms with Crippen LogP contribution in [0.25, 0.3) is 0 Å². The van der Waals surface area contributed by atoms with Crippen LogP contribution in [0.2, 0.25) is 10.0 Å². The van der Waals surface area contributed by atoms with Crippen LogP contribution in [0.3, 0.4) is 0 Å². The van der Waals surface area contributed by atoms with Crippen molar-refractivity contribution in [1.82, 2.24) is 10.2 Å². The molecule has 1 amide bonds. The van der Waals surface area contributed by atoms with Crippen LogP contribution in [-0.4, -0.2) is 53.6 Å². The first-order chi connectivity index (χ1) is 14.0. The first-order valence-corrected chi connectivity index (χ1v) is 9.71. The number of nitrogens with zero attached hydrogens (tertiary/aromatic N) is 1. The van der Waals surface area contributed by atoms with Crippen molar-refractivity contribution in [2.24, 2.45) is 0 Å². The number of hydrogen-bond acceptors (Lipinski definition) is 4. The molecule has 0 heterocycles. The van der Waals surface area contributed by atoms with Gasteiger partial charge in [0.15, 0.2) is 0 Å². The minimum atomic E-state index is -1.82. The summed E-state index contributed by atoms with van der Waals surface area (Å²) < 4.78 is 0. The lowest BCUT2D eigenvalue weighted by atomic mass is 10.0. The molecular formula is C21H24Cl2N2O5. The van der Waals surface area contributed by atoms with Gasteiger partial charge in [0.2, 0.25) is 0 Å². The molecule has 0 radical (unpaired) electrons. The fraction of sp³-hybridized carbons (Fsp3) is 0.286. The first-order valence-electron chi connectivity index (χ1n) is 8.95. The van der Waals surface area contributed by atoms with E-state index in [1.165, 1.54) is 0 Å². The van der Waals surface area contributed by atoms with Crippen LogP contribution in [0.15, 0.2) is 42.5 Å². The Balaban J connectivity index is 0.000000656. The predicted molar refractivity (Wildman–Crippen MR) is 116 cm³/mol. The Kier molecular flexibility index (Phi) is 10.3. The van der Waals surface area contributed by atoms with E-state index in [-0.39, 0.29) is 11.9 Å². The van der Waals surface area contributed by atoms with E-state index in [1.807, 2.05) is 45.3 Å². The second-order valence-electron chi connectivity index (χ2n) is 6.69. The summed E-state index contributed by atoms with van der Waals surface area (Å²) in [7, 11) is 4.03. The Morgan fingerprint density at radius 2 is 1.57 bits per heavy atom. The summed E-state index contributed by atoms with van der Waals surface area (Å²) in [6.07, 6.45) is 0.806. The molecule has 162 valence electrons. The Morgan fingerprint density at radius 3 is 2.07 bits per heavy atom. The van der Waals surface area contributed by atoms with E-state index in [0.29, 0.717) is 15.6 Å². The molecule has 0 aliphatic heterocycles. The highest BCUT2D eigenvalue weighted by Crippen LogP contribution is 2.23. The number of hydrogen-bond donors (Lipinski definition) is 3. The maximum atomic E-state index is 12.7. The molecule has 1 atom stereocenters. The predicted octanol–water partition coefficient (Wildman–Crippen LogP) is 3.88. The lowest BCUT2D eigenvalue weighted by molar-refractivity contribution is -0.159. The SMILES string of the molecule is Cc1c(Cl)cccc1C(=O)NC(CCN(C)C)c1ccc(Cl)cc1.O=C(O)C(=O)O. The summed E-state index contributed by atoms with van der Waals surface area (Å²) in [5, 5.41) is 19.2. The number of carbonyl (C=O) groups is 3. The fourth-order valence-electron chi connectivity index (χ4n) is 2.49. The molecule has 3 N–H and O–H groups in total. The third-order valence-corrected chi connectivity index (χ3v) is 4.80. The molecule has 0 aromatic heterocycles. The van der Waals surface area contributed by atoms with Crippen molar-refractivity contribution < 1.29 is 24.6 Å². The van der Waals surface area contributed by atoms with Gasteiger partial charge in [0, 0.05) is 15.6 Å². The van der Waals surface area contributed by atoms with Crippen LogP contribution in [0, 0.1) is 6.92 Å². The van der Waals surface area contributed by atoms with Gasteiger partial charge in [-0.05, 0) is 69.4 Å². The average Bonchev–Trinajstić information content (AvgIpc) is 2.68. The minimum Gasteiger partial charge on any atom is -0.473 e. The first kappa shape index (κ1) is 25.4. The molecule has 1 unspecified atom stereocenters. The molecule has 0 saturated carbocycles. The van der Waals surface area contributed by atoms with Gasteiger partial charge in [0.25, 0.3) is 5.91 Å². The standard InChI is InChI=1S/C19H22Cl2N2O.C2H2O4/c1-13-16(5-4-6-17(13)21)19(24)22-18(11-12-23(2)3)14-7-9-15(20)10-8-14;3-1(4)2(5)6/h4-10,18H,11-12H2,1-3H3,(H,22,24);(H,3,4)(H,5,6). The van der Waals surface area contributed by atoms with Gasteiger partial charge >= 0.3 is 11.9 Å². The van der Waals surface area contributed by atoms with E-state index in [2.05, 4.69) is 10.2 Å². The van der Waals surface area contributed by atoms with Gasteiger partial charge in [-0.1, -0.05) is 41.4 Å². The molecule has 9 heteroatoms. The monoisotopic (exact) mass is 454 g/mol. The zero-order chi connectivity index (χ0) is 22.8. The number of amides is 1. The second-order valence-corrected chi connectivity index (χ2v) is 7.54. The topological polar surface area (TPSA) is 107 Å². The zero-order valence-corrected chi connectivity index (χ0v) is 18.4. The van der Waals surface area contributed by atoms with Crippen LogP contribution in [0.5, 0.6) is 0 Å². The smallest absolute Gasteiger partial charge is 0.414 e. The molecule has 0 aliphatic rings. The molecule has 0 bridgehead atoms. The summed E-state index contributed by atoms with van der Waals surface area (Å²) in [6.45, 7) is 2.72. The number of halogens is 2. The van der Waals surface area contributed by atoms with Gasteiger partial charge in [-0.15, -0.1) is 0 Å². The largest absolute Gasteiger partial charge is 0.473 e. The van der Waals surface area contributed by atoms with Crippen LogP contribution in [0.1, 0.15) is 33.9 Å². The number of carboxylic acid groups (broad SMARTS) is 2. The Labute approximate surface area is 185 Å². The summed E-state index contributed by atoms with van der Waals surface area (Å²) in [6, 6.07) is 12.9. The van der Waals surface area contributed by atoms with E-state index in [0.717, 1.165) is 24.1 Å². The third-order valence-electron chi connectivity index (χ3n) is 4.14. The number of carboxylic acids is 2. The van der Waals surface area contributed by atoms with Crippen molar-refractivity contribution in [3.05, 3.63) is 69.2 Å². The normalized spacial score (nSPS) is 11.3. The quantitative estimate of drug-likeness (QED) is 0.571. The van der Waals surface area contributed by atoms with Crippen molar-refractivity contribution in [3.8, 4) is 0 Å². The van der Waals surface area contributed by atoms with E-state index in [4.69, 9.17) is 43.0 Å². The maximum absolute atomic E-state index is 12.7. The lowest BCUT2D eigenvalue weighted by Gasteiger charge is -2.22. The molecule has 0 spiro atoms. The highest BCUT2D eigenvalue weighted by molar-refractivity contribution is 6.32. The minimum absolute atomic E-state index is 0.0875. The lowest BCUT2D eigenvalue weighted by Crippen LogP contribution is -2.31. The summed E-state index contributed by atoms with van der Waals surface area (Å²) >= 11 is 12.1. The van der Waals surface area contributed by atoms with E-state index in [1.54, 1.807) is 18.2 Å². The third kappa shape index (κ3) is 8.41. The van der Waals surface area contributed by atoms with Gasteiger partial charge in [0.05, 0.1) is 6.04 Å². The zero-order valence-electron chi connectivity index (χ0n) is 16.9. The molecule has 2 rings (SSSR count). The van der Waals surface area contributed by atoms with Crippen LogP contribution in [0.4, 0.5) is 0 Å². The maximum Gasteiger partial charge on any atom is 0.414 e. The van der Waals surface area contributed by atoms with Crippen LogP contribution in [-0.2, 0) is 9.59 Å². The molecule has 30 heavy (non-hydrogen) atoms. The number of nitrogens with one attached hydrogen (secondary N) is 1. The Morgan fingerprint density at radius 1 is 1.00 bits per heavy atom. The van der Waals surface area contributed by atoms with Gasteiger partial charge in [-0.25, -0.2) is 9.59 Å². The fourth-order valence-corrected chi connectivity index (χ4v) is 2.79. The van der Waals surface area contributed by atoms with Crippen LogP contribution >= 0.6 is 23.2 Å². The molecule has 0 aliphatic carbocycles. The van der Waals surface area contributed by atoms with Gasteiger partial charge in [-0.2, -0.15) is 0 Å². The second kappa shape index (κ2) is 12.2. The van der Waals surface area contributed by atoms with Crippen molar-refractivity contribution in [3.63, 3.8) is 0 Å². The van der Waals surface area contributed by atoms with Gasteiger partial charge in [-0.3, -0.25) is 4.79 Å². The molecule has 2 aromatic rings. The molecular weight excluding hydrogens is 431 g/mol. The Hall–Kier alpha value is -2.61. The van der Waals surface area contributed by atoms with Gasteiger partial charge in [0.1, 0.15) is 0 Å². The van der Waals surface area contributed by atoms with Crippen molar-refractivity contribution >= 4 is 41.0 Å². The van der Waals surface area contributed by atoms with E-state index < -0.39 is 11.9 Å². The molecule has 7 nitrogen and oxygen atoms in total. The number of rotatable bonds is 6. The summed E-state index contributed by atoms with van der Waals surface area (Å²) in [4.78, 5) is 33.0. The van der Waals surface area contributed by atoms with Crippen LogP contribution < -0.4 is 5.32 Å². The number of benzene rings is 2. The van der Waals surface area contributed by atoms with E-state index in [9.17, 15) is 4.79 Å².